The van der Waals surface area contributed by atoms with Gasteiger partial charge in [0, 0.05) is 18.5 Å². The van der Waals surface area contributed by atoms with E-state index < -0.39 is 0 Å². The van der Waals surface area contributed by atoms with Crippen LogP contribution >= 0.6 is 0 Å². The van der Waals surface area contributed by atoms with Crippen LogP contribution in [-0.2, 0) is 4.74 Å². The Labute approximate surface area is 125 Å². The molecule has 1 aromatic carbocycles. The Bertz CT molecular complexity index is 663. The number of ether oxygens (including phenoxy) is 1. The molecule has 0 radical (unpaired) electrons. The number of hydrogen-bond donors (Lipinski definition) is 1. The number of nitrogen functional groups attached to an aromatic ring is 1. The van der Waals surface area contributed by atoms with Gasteiger partial charge in [-0.2, -0.15) is 0 Å². The van der Waals surface area contributed by atoms with Crippen molar-refractivity contribution in [3.05, 3.63) is 30.5 Å². The number of para-hydroxylation sites is 1. The van der Waals surface area contributed by atoms with Gasteiger partial charge < -0.3 is 15.4 Å². The first-order valence-corrected chi connectivity index (χ1v) is 7.36. The topological polar surface area (TPSA) is 51.4 Å². The van der Waals surface area contributed by atoms with E-state index in [2.05, 4.69) is 43.6 Å². The van der Waals surface area contributed by atoms with Crippen molar-refractivity contribution in [1.29, 1.82) is 0 Å². The van der Waals surface area contributed by atoms with Crippen molar-refractivity contribution >= 4 is 22.3 Å². The number of hydrogen-bond acceptors (Lipinski definition) is 4. The number of fused-ring (bicyclic) bond motifs is 1. The van der Waals surface area contributed by atoms with Gasteiger partial charge in [-0.1, -0.05) is 18.2 Å². The Morgan fingerprint density at radius 1 is 1.10 bits per heavy atom. The molecule has 0 spiro atoms. The number of nitrogens with two attached hydrogens (primary N) is 1. The number of benzene rings is 1. The fraction of sp³-hybridized carbons (Fsp3) is 0.471. The minimum absolute atomic E-state index is 0.210. The molecule has 0 aliphatic carbocycles. The summed E-state index contributed by atoms with van der Waals surface area (Å²) in [6.07, 6.45) is 1.76. The highest BCUT2D eigenvalue weighted by Gasteiger charge is 2.39. The molecule has 0 unspecified atom stereocenters. The summed E-state index contributed by atoms with van der Waals surface area (Å²) in [5, 5.41) is 1.10. The van der Waals surface area contributed by atoms with E-state index in [9.17, 15) is 0 Å². The summed E-state index contributed by atoms with van der Waals surface area (Å²) in [6.45, 7) is 10.1. The molecule has 1 fully saturated rings. The van der Waals surface area contributed by atoms with Gasteiger partial charge in [0.2, 0.25) is 0 Å². The Morgan fingerprint density at radius 2 is 1.71 bits per heavy atom. The summed E-state index contributed by atoms with van der Waals surface area (Å²) in [6, 6.07) is 8.14. The molecule has 112 valence electrons. The predicted octanol–water partition coefficient (Wildman–Crippen LogP) is 3.21. The van der Waals surface area contributed by atoms with E-state index in [4.69, 9.17) is 10.5 Å². The molecule has 2 N–H and O–H groups in total. The zero-order valence-corrected chi connectivity index (χ0v) is 13.2. The smallest absolute Gasteiger partial charge is 0.0808 e. The molecule has 1 aromatic heterocycles. The van der Waals surface area contributed by atoms with Gasteiger partial charge in [-0.15, -0.1) is 0 Å². The Balaban J connectivity index is 2.13. The second-order valence-electron chi connectivity index (χ2n) is 7.06. The molecule has 4 heteroatoms. The van der Waals surface area contributed by atoms with Crippen LogP contribution in [0.3, 0.4) is 0 Å². The standard InChI is InChI=1S/C17H23N3O/c1-16(2)10-20(11-17(3,4)21-16)15-12-7-5-6-8-14(12)19-9-13(15)18/h5-9H,10-11,18H2,1-4H3. The molecular formula is C17H23N3O. The van der Waals surface area contributed by atoms with Gasteiger partial charge in [0.15, 0.2) is 0 Å². The first-order chi connectivity index (χ1) is 9.77. The first-order valence-electron chi connectivity index (χ1n) is 7.36. The lowest BCUT2D eigenvalue weighted by Gasteiger charge is -2.48. The van der Waals surface area contributed by atoms with Gasteiger partial charge in [0.1, 0.15) is 0 Å². The molecule has 21 heavy (non-hydrogen) atoms. The van der Waals surface area contributed by atoms with Crippen molar-refractivity contribution in [2.24, 2.45) is 0 Å². The van der Waals surface area contributed by atoms with E-state index in [1.807, 2.05) is 18.2 Å². The molecule has 2 aromatic rings. The largest absolute Gasteiger partial charge is 0.396 e. The second-order valence-corrected chi connectivity index (χ2v) is 7.06. The molecule has 0 atom stereocenters. The lowest BCUT2D eigenvalue weighted by Crippen LogP contribution is -2.57. The summed E-state index contributed by atoms with van der Waals surface area (Å²) in [7, 11) is 0. The minimum Gasteiger partial charge on any atom is -0.396 e. The van der Waals surface area contributed by atoms with Gasteiger partial charge in [0.05, 0.1) is 34.3 Å². The normalized spacial score (nSPS) is 20.7. The summed E-state index contributed by atoms with van der Waals surface area (Å²) in [4.78, 5) is 6.76. The molecule has 0 bridgehead atoms. The molecule has 2 heterocycles. The molecule has 0 amide bonds. The minimum atomic E-state index is -0.210. The third-order valence-electron chi connectivity index (χ3n) is 3.79. The first kappa shape index (κ1) is 14.1. The fourth-order valence-corrected chi connectivity index (χ4v) is 3.44. The molecule has 1 aliphatic rings. The number of aromatic nitrogens is 1. The fourth-order valence-electron chi connectivity index (χ4n) is 3.44. The third-order valence-corrected chi connectivity index (χ3v) is 3.79. The monoisotopic (exact) mass is 285 g/mol. The van der Waals surface area contributed by atoms with Crippen LogP contribution in [0.4, 0.5) is 11.4 Å². The van der Waals surface area contributed by atoms with Gasteiger partial charge in [-0.3, -0.25) is 4.98 Å². The number of nitrogens with zero attached hydrogens (tertiary/aromatic N) is 2. The average Bonchev–Trinajstić information content (AvgIpc) is 2.34. The van der Waals surface area contributed by atoms with Gasteiger partial charge >= 0.3 is 0 Å². The average molecular weight is 285 g/mol. The van der Waals surface area contributed by atoms with Crippen molar-refractivity contribution in [3.8, 4) is 0 Å². The zero-order chi connectivity index (χ0) is 15.3. The predicted molar refractivity (Wildman–Crippen MR) is 87.6 cm³/mol. The van der Waals surface area contributed by atoms with Crippen molar-refractivity contribution in [2.45, 2.75) is 38.9 Å². The molecule has 3 rings (SSSR count). The number of pyridine rings is 1. The third kappa shape index (κ3) is 2.68. The molecule has 0 saturated carbocycles. The zero-order valence-electron chi connectivity index (χ0n) is 13.2. The summed E-state index contributed by atoms with van der Waals surface area (Å²) in [5.74, 6) is 0. The SMILES string of the molecule is CC1(C)CN(c2c(N)cnc3ccccc23)CC(C)(C)O1. The van der Waals surface area contributed by atoms with Crippen LogP contribution in [0.1, 0.15) is 27.7 Å². The van der Waals surface area contributed by atoms with Crippen molar-refractivity contribution in [3.63, 3.8) is 0 Å². The summed E-state index contributed by atoms with van der Waals surface area (Å²) < 4.78 is 6.17. The highest BCUT2D eigenvalue weighted by molar-refractivity contribution is 5.97. The molecule has 4 nitrogen and oxygen atoms in total. The number of anilines is 2. The van der Waals surface area contributed by atoms with Gasteiger partial charge in [-0.05, 0) is 33.8 Å². The van der Waals surface area contributed by atoms with E-state index in [0.717, 1.165) is 35.4 Å². The maximum absolute atomic E-state index is 6.25. The lowest BCUT2D eigenvalue weighted by atomic mass is 9.97. The van der Waals surface area contributed by atoms with Crippen LogP contribution in [0.25, 0.3) is 10.9 Å². The van der Waals surface area contributed by atoms with Crippen LogP contribution in [0.5, 0.6) is 0 Å². The lowest BCUT2D eigenvalue weighted by molar-refractivity contribution is -0.133. The number of morpholine rings is 1. The number of rotatable bonds is 1. The van der Waals surface area contributed by atoms with Gasteiger partial charge in [-0.25, -0.2) is 0 Å². The second kappa shape index (κ2) is 4.60. The molecular weight excluding hydrogens is 262 g/mol. The van der Waals surface area contributed by atoms with Crippen molar-refractivity contribution in [1.82, 2.24) is 4.98 Å². The maximum Gasteiger partial charge on any atom is 0.0808 e. The van der Waals surface area contributed by atoms with Gasteiger partial charge in [0.25, 0.3) is 0 Å². The highest BCUT2D eigenvalue weighted by Crippen LogP contribution is 2.37. The molecule has 1 saturated heterocycles. The summed E-state index contributed by atoms with van der Waals surface area (Å²) in [5.41, 5.74) is 8.60. The van der Waals surface area contributed by atoms with E-state index in [-0.39, 0.29) is 11.2 Å². The van der Waals surface area contributed by atoms with Crippen LogP contribution < -0.4 is 10.6 Å². The van der Waals surface area contributed by atoms with Crippen LogP contribution in [0.2, 0.25) is 0 Å². The van der Waals surface area contributed by atoms with Crippen molar-refractivity contribution in [2.75, 3.05) is 23.7 Å². The molecule has 1 aliphatic heterocycles. The van der Waals surface area contributed by atoms with E-state index >= 15 is 0 Å². The van der Waals surface area contributed by atoms with Crippen LogP contribution in [-0.4, -0.2) is 29.3 Å². The van der Waals surface area contributed by atoms with Crippen molar-refractivity contribution < 1.29 is 4.74 Å². The van der Waals surface area contributed by atoms with E-state index in [1.165, 1.54) is 0 Å². The van der Waals surface area contributed by atoms with Crippen LogP contribution in [0, 0.1) is 0 Å². The summed E-state index contributed by atoms with van der Waals surface area (Å²) >= 11 is 0. The Hall–Kier alpha value is -1.81. The van der Waals surface area contributed by atoms with Crippen LogP contribution in [0.15, 0.2) is 30.5 Å². The highest BCUT2D eigenvalue weighted by atomic mass is 16.5. The Morgan fingerprint density at radius 3 is 2.38 bits per heavy atom. The maximum atomic E-state index is 6.25. The van der Waals surface area contributed by atoms with E-state index in [1.54, 1.807) is 6.20 Å². The Kier molecular flexibility index (Phi) is 3.10. The quantitative estimate of drug-likeness (QED) is 0.874. The van der Waals surface area contributed by atoms with E-state index in [0.29, 0.717) is 0 Å².